The van der Waals surface area contributed by atoms with Crippen molar-refractivity contribution in [1.82, 2.24) is 9.88 Å². The Morgan fingerprint density at radius 1 is 1.44 bits per heavy atom. The van der Waals surface area contributed by atoms with Crippen LogP contribution in [0.1, 0.15) is 29.3 Å². The maximum Gasteiger partial charge on any atom is 0.250 e. The molecule has 6 nitrogen and oxygen atoms in total. The van der Waals surface area contributed by atoms with Crippen molar-refractivity contribution in [2.45, 2.75) is 32.0 Å². The van der Waals surface area contributed by atoms with Crippen LogP contribution in [0.15, 0.2) is 42.6 Å². The molecule has 27 heavy (non-hydrogen) atoms. The molecule has 1 saturated heterocycles. The van der Waals surface area contributed by atoms with E-state index in [0.717, 1.165) is 26.1 Å². The number of halogens is 1. The zero-order valence-electron chi connectivity index (χ0n) is 15.4. The van der Waals surface area contributed by atoms with Gasteiger partial charge in [-0.2, -0.15) is 0 Å². The molecule has 2 atom stereocenters. The van der Waals surface area contributed by atoms with E-state index in [1.165, 1.54) is 17.8 Å². The van der Waals surface area contributed by atoms with Crippen molar-refractivity contribution in [2.75, 3.05) is 25.0 Å². The molecule has 1 fully saturated rings. The van der Waals surface area contributed by atoms with Crippen molar-refractivity contribution >= 4 is 23.3 Å². The number of primary amides is 1. The van der Waals surface area contributed by atoms with Gasteiger partial charge in [0.1, 0.15) is 5.82 Å². The van der Waals surface area contributed by atoms with Gasteiger partial charge in [-0.25, -0.2) is 4.98 Å². The molecule has 0 spiro atoms. The van der Waals surface area contributed by atoms with Crippen molar-refractivity contribution in [3.05, 3.63) is 58.7 Å². The first-order chi connectivity index (χ1) is 13.1. The van der Waals surface area contributed by atoms with Gasteiger partial charge in [0, 0.05) is 25.8 Å². The molecule has 2 heterocycles. The highest BCUT2D eigenvalue weighted by molar-refractivity contribution is 6.33. The lowest BCUT2D eigenvalue weighted by atomic mass is 10.1. The molecule has 2 unspecified atom stereocenters. The molecule has 1 aromatic carbocycles. The first-order valence-corrected chi connectivity index (χ1v) is 9.54. The van der Waals surface area contributed by atoms with Crippen LogP contribution in [0, 0.1) is 0 Å². The fourth-order valence-corrected chi connectivity index (χ4v) is 3.49. The number of rotatable bonds is 7. The summed E-state index contributed by atoms with van der Waals surface area (Å²) in [6, 6.07) is 12.0. The second-order valence-corrected chi connectivity index (χ2v) is 7.11. The number of ether oxygens (including phenoxy) is 1. The molecule has 144 valence electrons. The molecule has 0 aliphatic carbocycles. The Morgan fingerprint density at radius 2 is 2.22 bits per heavy atom. The Balaban J connectivity index is 1.65. The number of hydrogen-bond donors (Lipinski definition) is 2. The van der Waals surface area contributed by atoms with Crippen LogP contribution in [0.4, 0.5) is 5.82 Å². The highest BCUT2D eigenvalue weighted by Gasteiger charge is 2.28. The number of amides is 1. The second kappa shape index (κ2) is 9.17. The Kier molecular flexibility index (Phi) is 6.66. The zero-order valence-corrected chi connectivity index (χ0v) is 16.2. The molecule has 3 rings (SSSR count). The lowest BCUT2D eigenvalue weighted by Crippen LogP contribution is -2.49. The van der Waals surface area contributed by atoms with E-state index in [1.807, 2.05) is 6.07 Å². The van der Waals surface area contributed by atoms with Crippen LogP contribution in [0.25, 0.3) is 0 Å². The van der Waals surface area contributed by atoms with Crippen LogP contribution in [-0.2, 0) is 11.3 Å². The number of benzene rings is 1. The third-order valence-corrected chi connectivity index (χ3v) is 5.05. The Bertz CT molecular complexity index is 772. The van der Waals surface area contributed by atoms with E-state index in [9.17, 15) is 4.79 Å². The third kappa shape index (κ3) is 5.19. The quantitative estimate of drug-likeness (QED) is 0.762. The molecular weight excluding hydrogens is 364 g/mol. The molecule has 1 aromatic heterocycles. The van der Waals surface area contributed by atoms with Gasteiger partial charge in [-0.05, 0) is 18.1 Å². The molecule has 3 N–H and O–H groups in total. The predicted molar refractivity (Wildman–Crippen MR) is 107 cm³/mol. The molecule has 1 amide bonds. The van der Waals surface area contributed by atoms with Crippen LogP contribution in [-0.4, -0.2) is 47.6 Å². The van der Waals surface area contributed by atoms with Crippen LogP contribution < -0.4 is 11.1 Å². The van der Waals surface area contributed by atoms with Gasteiger partial charge >= 0.3 is 0 Å². The first-order valence-electron chi connectivity index (χ1n) is 9.16. The van der Waals surface area contributed by atoms with Gasteiger partial charge in [0.25, 0.3) is 0 Å². The van der Waals surface area contributed by atoms with Gasteiger partial charge in [-0.3, -0.25) is 9.69 Å². The molecule has 1 aliphatic rings. The minimum absolute atomic E-state index is 0.0288. The fraction of sp³-hybridized carbons (Fsp3) is 0.400. The first kappa shape index (κ1) is 19.6. The topological polar surface area (TPSA) is 80.5 Å². The molecular formula is C20H25ClN4O2. The summed E-state index contributed by atoms with van der Waals surface area (Å²) in [4.78, 5) is 17.9. The molecule has 7 heteroatoms. The molecule has 0 radical (unpaired) electrons. The monoisotopic (exact) mass is 388 g/mol. The molecule has 0 bridgehead atoms. The summed E-state index contributed by atoms with van der Waals surface area (Å²) in [5.74, 6) is -0.00698. The van der Waals surface area contributed by atoms with E-state index in [4.69, 9.17) is 22.1 Å². The van der Waals surface area contributed by atoms with Crippen molar-refractivity contribution in [1.29, 1.82) is 0 Å². The predicted octanol–water partition coefficient (Wildman–Crippen LogP) is 2.93. The summed E-state index contributed by atoms with van der Waals surface area (Å²) in [6.45, 7) is 5.44. The Morgan fingerprint density at radius 3 is 2.89 bits per heavy atom. The SMILES string of the molecule is CCC(Nc1ncc(C(N)=O)cc1Cl)C1CN(Cc2ccccc2)CCO1. The Labute approximate surface area is 164 Å². The highest BCUT2D eigenvalue weighted by atomic mass is 35.5. The standard InChI is InChI=1S/C20H25ClN4O2/c1-2-17(24-20-16(21)10-15(11-23-20)19(22)26)18-13-25(8-9-27-18)12-14-6-4-3-5-7-14/h3-7,10-11,17-18H,2,8-9,12-13H2,1H3,(H2,22,26)(H,23,24). The molecule has 0 saturated carbocycles. The molecule has 2 aromatic rings. The number of carbonyl (C=O) groups excluding carboxylic acids is 1. The summed E-state index contributed by atoms with van der Waals surface area (Å²) < 4.78 is 6.02. The highest BCUT2D eigenvalue weighted by Crippen LogP contribution is 2.23. The molecule has 1 aliphatic heterocycles. The average molecular weight is 389 g/mol. The number of hydrogen-bond acceptors (Lipinski definition) is 5. The third-order valence-electron chi connectivity index (χ3n) is 4.76. The summed E-state index contributed by atoms with van der Waals surface area (Å²) >= 11 is 6.27. The van der Waals surface area contributed by atoms with E-state index in [0.29, 0.717) is 23.0 Å². The largest absolute Gasteiger partial charge is 0.373 e. The average Bonchev–Trinajstić information content (AvgIpc) is 2.68. The normalized spacial score (nSPS) is 18.8. The summed E-state index contributed by atoms with van der Waals surface area (Å²) in [7, 11) is 0. The van der Waals surface area contributed by atoms with Gasteiger partial charge < -0.3 is 15.8 Å². The van der Waals surface area contributed by atoms with E-state index in [2.05, 4.69) is 46.4 Å². The van der Waals surface area contributed by atoms with E-state index in [-0.39, 0.29) is 12.1 Å². The minimum Gasteiger partial charge on any atom is -0.373 e. The van der Waals surface area contributed by atoms with Gasteiger partial charge in [0.2, 0.25) is 5.91 Å². The van der Waals surface area contributed by atoms with Gasteiger partial charge in [-0.15, -0.1) is 0 Å². The van der Waals surface area contributed by atoms with Crippen molar-refractivity contribution in [3.8, 4) is 0 Å². The lowest BCUT2D eigenvalue weighted by Gasteiger charge is -2.37. The summed E-state index contributed by atoms with van der Waals surface area (Å²) in [6.07, 6.45) is 2.33. The van der Waals surface area contributed by atoms with Crippen molar-refractivity contribution in [2.24, 2.45) is 5.73 Å². The number of nitrogens with two attached hydrogens (primary N) is 1. The lowest BCUT2D eigenvalue weighted by molar-refractivity contribution is -0.0403. The fourth-order valence-electron chi connectivity index (χ4n) is 3.27. The number of nitrogens with zero attached hydrogens (tertiary/aromatic N) is 2. The smallest absolute Gasteiger partial charge is 0.250 e. The minimum atomic E-state index is -0.546. The van der Waals surface area contributed by atoms with Gasteiger partial charge in [0.05, 0.1) is 29.3 Å². The van der Waals surface area contributed by atoms with E-state index >= 15 is 0 Å². The summed E-state index contributed by atoms with van der Waals surface area (Å²) in [5, 5.41) is 3.75. The summed E-state index contributed by atoms with van der Waals surface area (Å²) in [5.41, 5.74) is 6.86. The van der Waals surface area contributed by atoms with Crippen molar-refractivity contribution < 1.29 is 9.53 Å². The van der Waals surface area contributed by atoms with Gasteiger partial charge in [-0.1, -0.05) is 48.9 Å². The van der Waals surface area contributed by atoms with E-state index in [1.54, 1.807) is 0 Å². The van der Waals surface area contributed by atoms with Crippen LogP contribution in [0.5, 0.6) is 0 Å². The van der Waals surface area contributed by atoms with Crippen LogP contribution in [0.2, 0.25) is 5.02 Å². The number of pyridine rings is 1. The number of aromatic nitrogens is 1. The van der Waals surface area contributed by atoms with Crippen molar-refractivity contribution in [3.63, 3.8) is 0 Å². The zero-order chi connectivity index (χ0) is 19.2. The maximum atomic E-state index is 11.3. The second-order valence-electron chi connectivity index (χ2n) is 6.71. The van der Waals surface area contributed by atoms with Gasteiger partial charge in [0.15, 0.2) is 0 Å². The number of anilines is 1. The number of carbonyl (C=O) groups is 1. The Hall–Kier alpha value is -2.15. The van der Waals surface area contributed by atoms with E-state index < -0.39 is 5.91 Å². The van der Waals surface area contributed by atoms with Crippen LogP contribution in [0.3, 0.4) is 0 Å². The van der Waals surface area contributed by atoms with Crippen LogP contribution >= 0.6 is 11.6 Å². The maximum absolute atomic E-state index is 11.3. The number of nitrogens with one attached hydrogen (secondary N) is 1. The number of morpholine rings is 1.